The fourth-order valence-corrected chi connectivity index (χ4v) is 4.08. The van der Waals surface area contributed by atoms with E-state index in [0.29, 0.717) is 35.0 Å². The lowest BCUT2D eigenvalue weighted by molar-refractivity contribution is -0.231. The summed E-state index contributed by atoms with van der Waals surface area (Å²) >= 11 is 0. The van der Waals surface area contributed by atoms with Crippen molar-refractivity contribution >= 4 is 5.91 Å². The molecule has 0 bridgehead atoms. The third kappa shape index (κ3) is 6.11. The molecule has 2 aromatic carbocycles. The van der Waals surface area contributed by atoms with E-state index in [-0.39, 0.29) is 44.2 Å². The van der Waals surface area contributed by atoms with Crippen molar-refractivity contribution in [3.63, 3.8) is 0 Å². The van der Waals surface area contributed by atoms with Gasteiger partial charge in [0, 0.05) is 18.3 Å². The monoisotopic (exact) mass is 533 g/mol. The van der Waals surface area contributed by atoms with Gasteiger partial charge in [0.1, 0.15) is 12.4 Å². The number of carbonyl (C=O) groups excluding carboxylic acids is 1. The normalized spacial score (nSPS) is 19.0. The Labute approximate surface area is 224 Å². The number of rotatable bonds is 9. The lowest BCUT2D eigenvalue weighted by Crippen LogP contribution is -2.48. The van der Waals surface area contributed by atoms with Crippen LogP contribution in [-0.2, 0) is 20.8 Å². The van der Waals surface area contributed by atoms with Crippen molar-refractivity contribution in [2.75, 3.05) is 26.4 Å². The third-order valence-electron chi connectivity index (χ3n) is 6.23. The zero-order valence-electron chi connectivity index (χ0n) is 21.3. The Hall–Kier alpha value is -4.19. The quantitative estimate of drug-likeness (QED) is 0.298. The molecular formula is C28H28FN5O5. The van der Waals surface area contributed by atoms with Crippen LogP contribution in [-0.4, -0.2) is 57.4 Å². The van der Waals surface area contributed by atoms with Gasteiger partial charge in [0.25, 0.3) is 0 Å². The Balaban J connectivity index is 1.35. The van der Waals surface area contributed by atoms with Gasteiger partial charge < -0.3 is 29.6 Å². The number of amides is 1. The van der Waals surface area contributed by atoms with Gasteiger partial charge in [-0.1, -0.05) is 30.3 Å². The number of aromatic nitrogens is 4. The van der Waals surface area contributed by atoms with Crippen LogP contribution in [0.5, 0.6) is 6.01 Å². The van der Waals surface area contributed by atoms with Crippen LogP contribution in [0, 0.1) is 11.2 Å². The van der Waals surface area contributed by atoms with Gasteiger partial charge in [0.15, 0.2) is 5.82 Å². The van der Waals surface area contributed by atoms with E-state index in [9.17, 15) is 9.18 Å². The lowest BCUT2D eigenvalue weighted by atomic mass is 9.91. The zero-order valence-corrected chi connectivity index (χ0v) is 21.3. The molecule has 0 radical (unpaired) electrons. The van der Waals surface area contributed by atoms with Crippen LogP contribution >= 0.6 is 0 Å². The summed E-state index contributed by atoms with van der Waals surface area (Å²) in [5.41, 5.74) is 2.25. The van der Waals surface area contributed by atoms with Crippen LogP contribution in [0.25, 0.3) is 22.6 Å². The van der Waals surface area contributed by atoms with Crippen LogP contribution in [0.4, 0.5) is 4.39 Å². The number of ether oxygens (including phenoxy) is 3. The molecule has 1 amide bonds. The molecule has 2 aromatic heterocycles. The average molecular weight is 534 g/mol. The number of nitrogens with zero attached hydrogens (tertiary/aromatic N) is 3. The topological polar surface area (TPSA) is 131 Å². The molecule has 3 N–H and O–H groups in total. The first-order valence-electron chi connectivity index (χ1n) is 12.4. The highest BCUT2D eigenvalue weighted by Crippen LogP contribution is 2.35. The Morgan fingerprint density at radius 1 is 1.13 bits per heavy atom. The summed E-state index contributed by atoms with van der Waals surface area (Å²) < 4.78 is 30.9. The van der Waals surface area contributed by atoms with Gasteiger partial charge in [-0.05, 0) is 42.8 Å². The predicted molar refractivity (Wildman–Crippen MR) is 139 cm³/mol. The molecule has 10 nitrogen and oxygen atoms in total. The smallest absolute Gasteiger partial charge is 0.317 e. The zero-order chi connectivity index (χ0) is 27.2. The second-order valence-corrected chi connectivity index (χ2v) is 9.33. The molecule has 0 atom stereocenters. The SMILES string of the molecule is CC1(C(=O)NCc2ccccc2)COC(c2nc(-c3ccc(F)cc3)c(-c3ccnc(OCCO)n3)[nH]2)OC1. The van der Waals surface area contributed by atoms with Gasteiger partial charge in [-0.15, -0.1) is 0 Å². The minimum atomic E-state index is -0.883. The number of H-pyrrole nitrogens is 1. The first-order valence-corrected chi connectivity index (χ1v) is 12.4. The van der Waals surface area contributed by atoms with Gasteiger partial charge in [0.2, 0.25) is 12.2 Å². The number of aliphatic hydroxyl groups is 1. The van der Waals surface area contributed by atoms with Crippen LogP contribution in [0.1, 0.15) is 24.6 Å². The molecule has 3 heterocycles. The van der Waals surface area contributed by atoms with Gasteiger partial charge in [-0.25, -0.2) is 14.4 Å². The molecular weight excluding hydrogens is 505 g/mol. The van der Waals surface area contributed by atoms with E-state index in [2.05, 4.69) is 20.3 Å². The summed E-state index contributed by atoms with van der Waals surface area (Å²) in [5.74, 6) is -0.178. The molecule has 39 heavy (non-hydrogen) atoms. The fourth-order valence-electron chi connectivity index (χ4n) is 4.08. The largest absolute Gasteiger partial charge is 0.461 e. The number of halogens is 1. The second-order valence-electron chi connectivity index (χ2n) is 9.33. The molecule has 5 rings (SSSR count). The number of benzene rings is 2. The van der Waals surface area contributed by atoms with E-state index < -0.39 is 11.7 Å². The summed E-state index contributed by atoms with van der Waals surface area (Å²) in [6.45, 7) is 2.30. The van der Waals surface area contributed by atoms with E-state index in [1.54, 1.807) is 25.1 Å². The average Bonchev–Trinajstić information content (AvgIpc) is 3.42. The molecule has 0 saturated carbocycles. The molecule has 1 saturated heterocycles. The molecule has 0 unspecified atom stereocenters. The van der Waals surface area contributed by atoms with E-state index in [1.165, 1.54) is 18.3 Å². The number of aliphatic hydroxyl groups excluding tert-OH is 1. The van der Waals surface area contributed by atoms with Gasteiger partial charge in [0.05, 0.1) is 42.3 Å². The Kier molecular flexibility index (Phi) is 7.92. The Morgan fingerprint density at radius 2 is 1.87 bits per heavy atom. The van der Waals surface area contributed by atoms with Gasteiger partial charge in [-0.3, -0.25) is 4.79 Å². The summed E-state index contributed by atoms with van der Waals surface area (Å²) in [6, 6.07) is 17.3. The van der Waals surface area contributed by atoms with E-state index >= 15 is 0 Å². The number of aromatic amines is 1. The minimum absolute atomic E-state index is 0.0456. The highest BCUT2D eigenvalue weighted by Gasteiger charge is 2.40. The van der Waals surface area contributed by atoms with Crippen LogP contribution in [0.3, 0.4) is 0 Å². The maximum atomic E-state index is 13.6. The standard InChI is InChI=1S/C28H28FN5O5/c1-28(26(36)31-15-18-5-3-2-4-6-18)16-38-25(39-17-28)24-33-22(19-7-9-20(29)10-8-19)23(34-24)21-11-12-30-27(32-21)37-14-13-35/h2-12,25,35H,13-17H2,1H3,(H,31,36)(H,33,34). The Bertz CT molecular complexity index is 1410. The van der Waals surface area contributed by atoms with Crippen LogP contribution < -0.4 is 10.1 Å². The van der Waals surface area contributed by atoms with Crippen molar-refractivity contribution in [1.82, 2.24) is 25.3 Å². The molecule has 0 spiro atoms. The van der Waals surface area contributed by atoms with Gasteiger partial charge >= 0.3 is 6.01 Å². The number of carbonyl (C=O) groups is 1. The first-order chi connectivity index (χ1) is 18.9. The van der Waals surface area contributed by atoms with Crippen LogP contribution in [0.15, 0.2) is 66.9 Å². The molecule has 0 aliphatic carbocycles. The minimum Gasteiger partial charge on any atom is -0.461 e. The first kappa shape index (κ1) is 26.4. The summed E-state index contributed by atoms with van der Waals surface area (Å²) in [5, 5.41) is 12.0. The summed E-state index contributed by atoms with van der Waals surface area (Å²) in [4.78, 5) is 29.3. The fraction of sp³-hybridized carbons (Fsp3) is 0.286. The number of hydrogen-bond donors (Lipinski definition) is 3. The van der Waals surface area contributed by atoms with Crippen molar-refractivity contribution in [1.29, 1.82) is 0 Å². The summed E-state index contributed by atoms with van der Waals surface area (Å²) in [6.07, 6.45) is 0.664. The van der Waals surface area contributed by atoms with Crippen molar-refractivity contribution in [3.8, 4) is 28.7 Å². The predicted octanol–water partition coefficient (Wildman–Crippen LogP) is 3.41. The maximum Gasteiger partial charge on any atom is 0.317 e. The molecule has 1 aliphatic heterocycles. The lowest BCUT2D eigenvalue weighted by Gasteiger charge is -2.35. The highest BCUT2D eigenvalue weighted by atomic mass is 19.1. The van der Waals surface area contributed by atoms with E-state index in [4.69, 9.17) is 24.3 Å². The summed E-state index contributed by atoms with van der Waals surface area (Å²) in [7, 11) is 0. The number of hydrogen-bond acceptors (Lipinski definition) is 8. The maximum absolute atomic E-state index is 13.6. The molecule has 1 aliphatic rings. The molecule has 1 fully saturated rings. The van der Waals surface area contributed by atoms with Crippen LogP contribution in [0.2, 0.25) is 0 Å². The number of imidazole rings is 1. The second kappa shape index (κ2) is 11.7. The van der Waals surface area contributed by atoms with E-state index in [1.807, 2.05) is 30.3 Å². The molecule has 4 aromatic rings. The van der Waals surface area contributed by atoms with Crippen molar-refractivity contribution in [2.24, 2.45) is 5.41 Å². The third-order valence-corrected chi connectivity index (χ3v) is 6.23. The molecule has 11 heteroatoms. The van der Waals surface area contributed by atoms with Crippen molar-refractivity contribution in [3.05, 3.63) is 84.1 Å². The Morgan fingerprint density at radius 3 is 2.59 bits per heavy atom. The van der Waals surface area contributed by atoms with Crippen molar-refractivity contribution < 1.29 is 28.5 Å². The highest BCUT2D eigenvalue weighted by molar-refractivity contribution is 5.82. The number of nitrogens with one attached hydrogen (secondary N) is 2. The van der Waals surface area contributed by atoms with Gasteiger partial charge in [-0.2, -0.15) is 4.98 Å². The van der Waals surface area contributed by atoms with E-state index in [0.717, 1.165) is 5.56 Å². The van der Waals surface area contributed by atoms with Crippen molar-refractivity contribution in [2.45, 2.75) is 19.8 Å². The molecule has 202 valence electrons.